The third-order valence-corrected chi connectivity index (χ3v) is 6.19. The number of aromatic nitrogens is 2. The lowest BCUT2D eigenvalue weighted by atomic mass is 10.0. The number of carbonyl (C=O) groups excluding carboxylic acids is 3. The van der Waals surface area contributed by atoms with Crippen LogP contribution in [0.3, 0.4) is 0 Å². The number of aromatic hydroxyl groups is 1. The molecule has 1 aromatic carbocycles. The van der Waals surface area contributed by atoms with Crippen LogP contribution in [0.5, 0.6) is 5.75 Å². The van der Waals surface area contributed by atoms with Gasteiger partial charge in [0.1, 0.15) is 23.9 Å². The van der Waals surface area contributed by atoms with E-state index >= 15 is 0 Å². The number of aliphatic imine (C=N–C) groups is 1. The number of hydrogen-bond donors (Lipinski definition) is 10. The van der Waals surface area contributed by atoms with Crippen LogP contribution in [0.15, 0.2) is 41.8 Å². The van der Waals surface area contributed by atoms with Crippen LogP contribution in [-0.4, -0.2) is 91.6 Å². The molecule has 234 valence electrons. The van der Waals surface area contributed by atoms with Crippen LogP contribution in [0.2, 0.25) is 0 Å². The average Bonchev–Trinajstić information content (AvgIpc) is 3.46. The van der Waals surface area contributed by atoms with Gasteiger partial charge in [-0.1, -0.05) is 12.1 Å². The molecule has 17 heteroatoms. The van der Waals surface area contributed by atoms with Crippen LogP contribution in [0, 0.1) is 0 Å². The van der Waals surface area contributed by atoms with E-state index in [0.29, 0.717) is 17.7 Å². The van der Waals surface area contributed by atoms with Gasteiger partial charge in [0.2, 0.25) is 17.7 Å². The first-order valence-electron chi connectivity index (χ1n) is 13.3. The Hall–Kier alpha value is -5.19. The highest BCUT2D eigenvalue weighted by Crippen LogP contribution is 2.12. The number of benzene rings is 1. The van der Waals surface area contributed by atoms with Gasteiger partial charge in [-0.15, -0.1) is 0 Å². The summed E-state index contributed by atoms with van der Waals surface area (Å²) in [6, 6.07) is 0.568. The fraction of sp³-hybridized carbons (Fsp3) is 0.423. The second-order valence-corrected chi connectivity index (χ2v) is 9.66. The van der Waals surface area contributed by atoms with Gasteiger partial charge < -0.3 is 53.5 Å². The first-order chi connectivity index (χ1) is 20.3. The van der Waals surface area contributed by atoms with Crippen LogP contribution >= 0.6 is 0 Å². The third-order valence-electron chi connectivity index (χ3n) is 6.19. The molecule has 0 saturated heterocycles. The second kappa shape index (κ2) is 16.9. The van der Waals surface area contributed by atoms with E-state index in [2.05, 4.69) is 30.9 Å². The van der Waals surface area contributed by atoms with Crippen LogP contribution < -0.4 is 33.2 Å². The zero-order valence-corrected chi connectivity index (χ0v) is 23.2. The molecule has 0 bridgehead atoms. The molecule has 0 fully saturated rings. The van der Waals surface area contributed by atoms with Crippen molar-refractivity contribution in [1.29, 1.82) is 0 Å². The molecule has 43 heavy (non-hydrogen) atoms. The SMILES string of the molecule is NC(N)=NCCCC(N)C(=O)NC(CCC(=O)O)C(=O)NC(Cc1ccc(O)cc1)C(=O)NC(Cc1cnc[nH]1)C(=O)O. The van der Waals surface area contributed by atoms with E-state index in [1.54, 1.807) is 0 Å². The lowest BCUT2D eigenvalue weighted by Crippen LogP contribution is -2.58. The van der Waals surface area contributed by atoms with Crippen LogP contribution in [0.1, 0.15) is 36.9 Å². The van der Waals surface area contributed by atoms with Gasteiger partial charge in [-0.3, -0.25) is 24.2 Å². The van der Waals surface area contributed by atoms with Crippen molar-refractivity contribution in [3.05, 3.63) is 48.0 Å². The predicted octanol–water partition coefficient (Wildman–Crippen LogP) is -2.31. The topological polar surface area (TPSA) is 301 Å². The average molecular weight is 604 g/mol. The fourth-order valence-electron chi connectivity index (χ4n) is 3.90. The lowest BCUT2D eigenvalue weighted by molar-refractivity contribution is -0.142. The van der Waals surface area contributed by atoms with E-state index in [1.165, 1.54) is 36.8 Å². The largest absolute Gasteiger partial charge is 0.508 e. The molecule has 1 aromatic heterocycles. The molecule has 0 spiro atoms. The Kier molecular flexibility index (Phi) is 13.4. The van der Waals surface area contributed by atoms with Gasteiger partial charge in [0.05, 0.1) is 12.4 Å². The summed E-state index contributed by atoms with van der Waals surface area (Å²) in [7, 11) is 0. The quantitative estimate of drug-likeness (QED) is 0.0488. The second-order valence-electron chi connectivity index (χ2n) is 9.66. The number of aliphatic carboxylic acids is 2. The van der Waals surface area contributed by atoms with Crippen molar-refractivity contribution >= 4 is 35.6 Å². The molecule has 4 unspecified atom stereocenters. The van der Waals surface area contributed by atoms with E-state index in [9.17, 15) is 39.3 Å². The minimum absolute atomic E-state index is 0.0367. The van der Waals surface area contributed by atoms with Gasteiger partial charge in [-0.05, 0) is 37.0 Å². The third kappa shape index (κ3) is 12.5. The minimum Gasteiger partial charge on any atom is -0.508 e. The summed E-state index contributed by atoms with van der Waals surface area (Å²) >= 11 is 0. The number of nitrogens with two attached hydrogens (primary N) is 3. The van der Waals surface area contributed by atoms with E-state index in [0.717, 1.165) is 0 Å². The summed E-state index contributed by atoms with van der Waals surface area (Å²) in [6.45, 7) is 0.220. The van der Waals surface area contributed by atoms with Crippen molar-refractivity contribution in [2.75, 3.05) is 6.54 Å². The number of hydrogen-bond acceptors (Lipinski definition) is 9. The van der Waals surface area contributed by atoms with Gasteiger partial charge >= 0.3 is 11.9 Å². The molecule has 3 amide bonds. The molecular weight excluding hydrogens is 566 g/mol. The highest BCUT2D eigenvalue weighted by molar-refractivity contribution is 5.94. The van der Waals surface area contributed by atoms with Crippen LogP contribution in [-0.2, 0) is 36.8 Å². The van der Waals surface area contributed by atoms with Crippen molar-refractivity contribution in [2.45, 2.75) is 62.7 Å². The number of rotatable bonds is 18. The number of phenolic OH excluding ortho intramolecular Hbond substituents is 1. The molecule has 4 atom stereocenters. The Bertz CT molecular complexity index is 1260. The van der Waals surface area contributed by atoms with E-state index < -0.39 is 60.2 Å². The number of nitrogens with one attached hydrogen (secondary N) is 4. The molecule has 0 aliphatic heterocycles. The highest BCUT2D eigenvalue weighted by Gasteiger charge is 2.31. The Morgan fingerprint density at radius 2 is 1.51 bits per heavy atom. The number of phenols is 1. The number of carbonyl (C=O) groups is 5. The van der Waals surface area contributed by atoms with Gasteiger partial charge in [0.25, 0.3) is 0 Å². The van der Waals surface area contributed by atoms with E-state index in [1.807, 2.05) is 0 Å². The molecule has 0 radical (unpaired) electrons. The standard InChI is InChI=1S/C26H37N9O8/c27-17(2-1-9-31-26(28)29)22(39)33-18(7-8-21(37)38)23(40)34-19(10-14-3-5-16(36)6-4-14)24(41)35-20(25(42)43)11-15-12-30-13-32-15/h3-6,12-13,17-20,36H,1-2,7-11,27H2,(H,30,32)(H,33,39)(H,34,40)(H,35,41)(H,37,38)(H,42,43)(H4,28,29,31). The Labute approximate surface area is 246 Å². The molecule has 0 saturated carbocycles. The first-order valence-corrected chi connectivity index (χ1v) is 13.3. The van der Waals surface area contributed by atoms with Gasteiger partial charge in [0, 0.05) is 37.7 Å². The monoisotopic (exact) mass is 603 g/mol. The number of guanidine groups is 1. The number of carboxylic acid groups (broad SMARTS) is 2. The number of nitrogens with zero attached hydrogens (tertiary/aromatic N) is 2. The maximum Gasteiger partial charge on any atom is 0.326 e. The Balaban J connectivity index is 2.22. The number of amides is 3. The zero-order valence-electron chi connectivity index (χ0n) is 23.2. The molecule has 1 heterocycles. The number of imidazole rings is 1. The van der Waals surface area contributed by atoms with Crippen molar-refractivity contribution in [3.8, 4) is 5.75 Å². The number of H-pyrrole nitrogens is 1. The maximum absolute atomic E-state index is 13.3. The smallest absolute Gasteiger partial charge is 0.326 e. The fourth-order valence-corrected chi connectivity index (χ4v) is 3.90. The summed E-state index contributed by atoms with van der Waals surface area (Å²) in [5.74, 6) is -5.20. The zero-order chi connectivity index (χ0) is 31.9. The summed E-state index contributed by atoms with van der Waals surface area (Å²) in [6.07, 6.45) is 2.21. The van der Waals surface area contributed by atoms with Crippen LogP contribution in [0.4, 0.5) is 0 Å². The summed E-state index contributed by atoms with van der Waals surface area (Å²) < 4.78 is 0. The molecule has 0 aliphatic rings. The molecule has 0 aliphatic carbocycles. The molecule has 17 nitrogen and oxygen atoms in total. The molecule has 2 aromatic rings. The predicted molar refractivity (Wildman–Crippen MR) is 152 cm³/mol. The highest BCUT2D eigenvalue weighted by atomic mass is 16.4. The molecular formula is C26H37N9O8. The first kappa shape index (κ1) is 34.0. The molecule has 13 N–H and O–H groups in total. The van der Waals surface area contributed by atoms with Crippen molar-refractivity contribution in [3.63, 3.8) is 0 Å². The van der Waals surface area contributed by atoms with Crippen molar-refractivity contribution < 1.29 is 39.3 Å². The Morgan fingerprint density at radius 3 is 2.09 bits per heavy atom. The van der Waals surface area contributed by atoms with Crippen molar-refractivity contribution in [2.24, 2.45) is 22.2 Å². The lowest BCUT2D eigenvalue weighted by Gasteiger charge is -2.25. The van der Waals surface area contributed by atoms with Crippen molar-refractivity contribution in [1.82, 2.24) is 25.9 Å². The van der Waals surface area contributed by atoms with Gasteiger partial charge in [0.15, 0.2) is 5.96 Å². The Morgan fingerprint density at radius 1 is 0.884 bits per heavy atom. The minimum atomic E-state index is -1.39. The number of carboxylic acids is 2. The summed E-state index contributed by atoms with van der Waals surface area (Å²) in [4.78, 5) is 72.9. The maximum atomic E-state index is 13.3. The normalized spacial score (nSPS) is 13.5. The van der Waals surface area contributed by atoms with E-state index in [4.69, 9.17) is 17.2 Å². The molecule has 2 rings (SSSR count). The van der Waals surface area contributed by atoms with Gasteiger partial charge in [-0.25, -0.2) is 9.78 Å². The van der Waals surface area contributed by atoms with E-state index in [-0.39, 0.29) is 43.9 Å². The summed E-state index contributed by atoms with van der Waals surface area (Å²) in [5, 5.41) is 35.8. The number of aromatic amines is 1. The van der Waals surface area contributed by atoms with Crippen LogP contribution in [0.25, 0.3) is 0 Å². The summed E-state index contributed by atoms with van der Waals surface area (Å²) in [5.41, 5.74) is 17.4. The van der Waals surface area contributed by atoms with Gasteiger partial charge in [-0.2, -0.15) is 0 Å².